The van der Waals surface area contributed by atoms with E-state index in [0.717, 1.165) is 36.6 Å². The van der Waals surface area contributed by atoms with E-state index in [4.69, 9.17) is 0 Å². The van der Waals surface area contributed by atoms with Gasteiger partial charge in [-0.3, -0.25) is 4.90 Å². The Balaban J connectivity index is 2.28. The molecule has 1 unspecified atom stereocenters. The number of benzene rings is 1. The Morgan fingerprint density at radius 1 is 1.24 bits per heavy atom. The molecule has 0 saturated carbocycles. The Morgan fingerprint density at radius 2 is 1.88 bits per heavy atom. The van der Waals surface area contributed by atoms with Gasteiger partial charge < -0.3 is 4.18 Å². The molecule has 4 nitrogen and oxygen atoms in total. The van der Waals surface area contributed by atoms with Gasteiger partial charge in [-0.25, -0.2) is 0 Å². The zero-order chi connectivity index (χ0) is 18.7. The summed E-state index contributed by atoms with van der Waals surface area (Å²) < 4.78 is 65.0. The van der Waals surface area contributed by atoms with Crippen molar-refractivity contribution in [3.05, 3.63) is 23.8 Å². The van der Waals surface area contributed by atoms with Gasteiger partial charge in [0.25, 0.3) is 0 Å². The Bertz CT molecular complexity index is 686. The van der Waals surface area contributed by atoms with Crippen molar-refractivity contribution < 1.29 is 25.8 Å². The summed E-state index contributed by atoms with van der Waals surface area (Å²) in [6.45, 7) is 5.96. The fourth-order valence-electron chi connectivity index (χ4n) is 2.89. The summed E-state index contributed by atoms with van der Waals surface area (Å²) in [5.74, 6) is 0.600. The van der Waals surface area contributed by atoms with Crippen molar-refractivity contribution in [3.8, 4) is 5.75 Å². The van der Waals surface area contributed by atoms with Crippen LogP contribution in [0.3, 0.4) is 0 Å². The largest absolute Gasteiger partial charge is 0.534 e. The van der Waals surface area contributed by atoms with Crippen LogP contribution in [0, 0.1) is 0 Å². The molecule has 0 fully saturated rings. The summed E-state index contributed by atoms with van der Waals surface area (Å²) in [5.41, 5.74) is -4.90. The number of hydrogen-bond acceptors (Lipinski definition) is 5. The standard InChI is InChI=1S/C16H22F3NO3S2/c1-3-8-20(9-4-2)12-10-13-14(6-5-7-15(13)24-11-12)23-25(21,22)16(17,18)19/h5-7,12H,3-4,8-11H2,1-2H3. The van der Waals surface area contributed by atoms with Crippen molar-refractivity contribution in [1.29, 1.82) is 0 Å². The zero-order valence-electron chi connectivity index (χ0n) is 14.2. The quantitative estimate of drug-likeness (QED) is 0.513. The van der Waals surface area contributed by atoms with Gasteiger partial charge in [-0.1, -0.05) is 19.9 Å². The van der Waals surface area contributed by atoms with Gasteiger partial charge >= 0.3 is 15.6 Å². The predicted octanol–water partition coefficient (Wildman–Crippen LogP) is 4.05. The van der Waals surface area contributed by atoms with E-state index in [0.29, 0.717) is 12.0 Å². The highest BCUT2D eigenvalue weighted by Gasteiger charge is 2.49. The van der Waals surface area contributed by atoms with E-state index < -0.39 is 15.6 Å². The highest BCUT2D eigenvalue weighted by molar-refractivity contribution is 7.99. The van der Waals surface area contributed by atoms with E-state index in [1.54, 1.807) is 6.07 Å². The number of alkyl halides is 3. The smallest absolute Gasteiger partial charge is 0.376 e. The first-order valence-electron chi connectivity index (χ1n) is 8.19. The van der Waals surface area contributed by atoms with E-state index in [1.807, 2.05) is 0 Å². The molecule has 25 heavy (non-hydrogen) atoms. The van der Waals surface area contributed by atoms with Crippen LogP contribution in [0.25, 0.3) is 0 Å². The minimum Gasteiger partial charge on any atom is -0.376 e. The number of thioether (sulfide) groups is 1. The van der Waals surface area contributed by atoms with E-state index in [1.165, 1.54) is 23.9 Å². The van der Waals surface area contributed by atoms with Gasteiger partial charge in [0.2, 0.25) is 0 Å². The average Bonchev–Trinajstić information content (AvgIpc) is 2.53. The molecule has 0 aromatic heterocycles. The molecule has 0 amide bonds. The Morgan fingerprint density at radius 3 is 2.44 bits per heavy atom. The normalized spacial score (nSPS) is 18.2. The Labute approximate surface area is 150 Å². The van der Waals surface area contributed by atoms with E-state index in [9.17, 15) is 21.6 Å². The minimum absolute atomic E-state index is 0.149. The third kappa shape index (κ3) is 4.83. The van der Waals surface area contributed by atoms with Crippen molar-refractivity contribution in [2.75, 3.05) is 18.8 Å². The second-order valence-corrected chi connectivity index (χ2v) is 8.52. The van der Waals surface area contributed by atoms with Crippen LogP contribution in [-0.4, -0.2) is 43.7 Å². The van der Waals surface area contributed by atoms with Crippen LogP contribution >= 0.6 is 11.8 Å². The SMILES string of the molecule is CCCN(CCC)C1CSc2cccc(OS(=O)(=O)C(F)(F)F)c2C1. The molecular weight excluding hydrogens is 375 g/mol. The van der Waals surface area contributed by atoms with Gasteiger partial charge in [0.05, 0.1) is 0 Å². The fourth-order valence-corrected chi connectivity index (χ4v) is 4.61. The lowest BCUT2D eigenvalue weighted by Crippen LogP contribution is -2.41. The summed E-state index contributed by atoms with van der Waals surface area (Å²) in [6, 6.07) is 4.74. The minimum atomic E-state index is -5.67. The highest BCUT2D eigenvalue weighted by Crippen LogP contribution is 2.39. The molecule has 1 aromatic rings. The molecule has 1 heterocycles. The molecule has 0 bridgehead atoms. The number of rotatable bonds is 7. The maximum absolute atomic E-state index is 12.6. The molecule has 0 aliphatic carbocycles. The van der Waals surface area contributed by atoms with E-state index in [-0.39, 0.29) is 11.8 Å². The number of hydrogen-bond donors (Lipinski definition) is 0. The fraction of sp³-hybridized carbons (Fsp3) is 0.625. The number of fused-ring (bicyclic) bond motifs is 1. The molecule has 9 heteroatoms. The summed E-state index contributed by atoms with van der Waals surface area (Å²) in [5, 5.41) is 0. The van der Waals surface area contributed by atoms with Crippen LogP contribution in [0.4, 0.5) is 13.2 Å². The third-order valence-corrected chi connectivity index (χ3v) is 6.19. The van der Waals surface area contributed by atoms with Gasteiger partial charge in [-0.15, -0.1) is 11.8 Å². The first kappa shape index (κ1) is 20.4. The van der Waals surface area contributed by atoms with Crippen LogP contribution in [-0.2, 0) is 16.5 Å². The van der Waals surface area contributed by atoms with Gasteiger partial charge in [0, 0.05) is 22.3 Å². The molecule has 1 aliphatic rings. The molecule has 0 radical (unpaired) electrons. The number of halogens is 3. The van der Waals surface area contributed by atoms with Gasteiger partial charge in [-0.2, -0.15) is 21.6 Å². The number of nitrogens with zero attached hydrogens (tertiary/aromatic N) is 1. The topological polar surface area (TPSA) is 46.6 Å². The molecule has 1 aromatic carbocycles. The summed E-state index contributed by atoms with van der Waals surface area (Å²) in [4.78, 5) is 3.09. The lowest BCUT2D eigenvalue weighted by molar-refractivity contribution is -0.0500. The average molecular weight is 397 g/mol. The second kappa shape index (κ2) is 8.18. The zero-order valence-corrected chi connectivity index (χ0v) is 15.8. The predicted molar refractivity (Wildman–Crippen MR) is 92.4 cm³/mol. The lowest BCUT2D eigenvalue weighted by Gasteiger charge is -2.35. The van der Waals surface area contributed by atoms with Crippen molar-refractivity contribution in [2.45, 2.75) is 49.6 Å². The monoisotopic (exact) mass is 397 g/mol. The first-order valence-corrected chi connectivity index (χ1v) is 10.6. The second-order valence-electron chi connectivity index (χ2n) is 5.92. The first-order chi connectivity index (χ1) is 11.7. The molecule has 2 rings (SSSR count). The molecular formula is C16H22F3NO3S2. The van der Waals surface area contributed by atoms with E-state index >= 15 is 0 Å². The molecule has 1 atom stereocenters. The molecule has 0 saturated heterocycles. The summed E-state index contributed by atoms with van der Waals surface area (Å²) in [7, 11) is -5.67. The molecule has 142 valence electrons. The molecule has 1 aliphatic heterocycles. The van der Waals surface area contributed by atoms with Crippen molar-refractivity contribution >= 4 is 21.9 Å². The molecule has 0 N–H and O–H groups in total. The van der Waals surface area contributed by atoms with Crippen LogP contribution in [0.1, 0.15) is 32.3 Å². The van der Waals surface area contributed by atoms with Gasteiger partial charge in [0.1, 0.15) is 5.75 Å². The summed E-state index contributed by atoms with van der Waals surface area (Å²) >= 11 is 1.53. The Kier molecular flexibility index (Phi) is 6.67. The van der Waals surface area contributed by atoms with E-state index in [2.05, 4.69) is 22.9 Å². The maximum atomic E-state index is 12.6. The third-order valence-electron chi connectivity index (χ3n) is 3.98. The van der Waals surface area contributed by atoms with Crippen molar-refractivity contribution in [2.24, 2.45) is 0 Å². The van der Waals surface area contributed by atoms with Gasteiger partial charge in [-0.05, 0) is 44.5 Å². The van der Waals surface area contributed by atoms with Crippen molar-refractivity contribution in [1.82, 2.24) is 4.90 Å². The van der Waals surface area contributed by atoms with Crippen molar-refractivity contribution in [3.63, 3.8) is 0 Å². The maximum Gasteiger partial charge on any atom is 0.534 e. The van der Waals surface area contributed by atoms with Crippen LogP contribution in [0.5, 0.6) is 5.75 Å². The highest BCUT2D eigenvalue weighted by atomic mass is 32.2. The van der Waals surface area contributed by atoms with Crippen LogP contribution in [0.15, 0.2) is 23.1 Å². The lowest BCUT2D eigenvalue weighted by atomic mass is 10.0. The summed E-state index contributed by atoms with van der Waals surface area (Å²) in [6.07, 6.45) is 2.44. The van der Waals surface area contributed by atoms with Gasteiger partial charge in [0.15, 0.2) is 0 Å². The van der Waals surface area contributed by atoms with Crippen LogP contribution < -0.4 is 4.18 Å². The Hall–Kier alpha value is -0.930. The van der Waals surface area contributed by atoms with Crippen LogP contribution in [0.2, 0.25) is 0 Å². The molecule has 0 spiro atoms.